The fourth-order valence-corrected chi connectivity index (χ4v) is 2.36. The number of nitrogens with two attached hydrogens (primary N) is 1. The number of hydrogen-bond donors (Lipinski definition) is 2. The highest BCUT2D eigenvalue weighted by molar-refractivity contribution is 5.95. The maximum atomic E-state index is 13.0. The largest absolute Gasteiger partial charge is 0.486 e. The Balaban J connectivity index is 2.33. The van der Waals surface area contributed by atoms with Crippen LogP contribution < -0.4 is 20.7 Å². The Morgan fingerprint density at radius 2 is 1.81 bits per heavy atom. The lowest BCUT2D eigenvalue weighted by atomic mass is 10.1. The standard InChI is InChI=1S/C13H12F3N3O2/c1-6-11(19-17)7-4-9-10(21-3-2-20-9)5-8(7)18-12(6)13(14,15)16/h4-5H,2-3,17H2,1H3,(H,18,19). The molecular weight excluding hydrogens is 287 g/mol. The Bertz CT molecular complexity index is 716. The molecule has 0 saturated heterocycles. The number of hydrogen-bond acceptors (Lipinski definition) is 5. The van der Waals surface area contributed by atoms with Gasteiger partial charge in [0.25, 0.3) is 0 Å². The Kier molecular flexibility index (Phi) is 3.05. The smallest absolute Gasteiger partial charge is 0.433 e. The summed E-state index contributed by atoms with van der Waals surface area (Å²) in [6, 6.07) is 3.01. The molecular formula is C13H12F3N3O2. The van der Waals surface area contributed by atoms with Gasteiger partial charge in [0, 0.05) is 17.0 Å². The molecule has 3 rings (SSSR count). The van der Waals surface area contributed by atoms with Gasteiger partial charge in [-0.05, 0) is 13.0 Å². The monoisotopic (exact) mass is 299 g/mol. The van der Waals surface area contributed by atoms with Crippen molar-refractivity contribution in [2.45, 2.75) is 13.1 Å². The summed E-state index contributed by atoms with van der Waals surface area (Å²) in [6.07, 6.45) is -4.56. The predicted molar refractivity (Wildman–Crippen MR) is 70.3 cm³/mol. The maximum absolute atomic E-state index is 13.0. The zero-order valence-corrected chi connectivity index (χ0v) is 11.0. The molecule has 21 heavy (non-hydrogen) atoms. The van der Waals surface area contributed by atoms with E-state index in [1.165, 1.54) is 13.0 Å². The molecule has 0 aliphatic carbocycles. The van der Waals surface area contributed by atoms with E-state index in [0.717, 1.165) is 0 Å². The Morgan fingerprint density at radius 3 is 2.38 bits per heavy atom. The second-order valence-corrected chi connectivity index (χ2v) is 4.62. The number of fused-ring (bicyclic) bond motifs is 2. The number of nitrogen functional groups attached to an aromatic ring is 1. The molecule has 0 radical (unpaired) electrons. The van der Waals surface area contributed by atoms with Gasteiger partial charge in [0.1, 0.15) is 18.9 Å². The van der Waals surface area contributed by atoms with E-state index in [4.69, 9.17) is 15.3 Å². The van der Waals surface area contributed by atoms with Crippen molar-refractivity contribution in [3.63, 3.8) is 0 Å². The van der Waals surface area contributed by atoms with Crippen molar-refractivity contribution in [1.82, 2.24) is 4.98 Å². The van der Waals surface area contributed by atoms with Crippen LogP contribution in [0.2, 0.25) is 0 Å². The third kappa shape index (κ3) is 2.21. The van der Waals surface area contributed by atoms with Crippen LogP contribution in [0.1, 0.15) is 11.3 Å². The zero-order valence-electron chi connectivity index (χ0n) is 11.0. The number of rotatable bonds is 1. The SMILES string of the molecule is Cc1c(C(F)(F)F)nc2cc3c(cc2c1NN)OCCO3. The molecule has 0 atom stereocenters. The lowest BCUT2D eigenvalue weighted by Crippen LogP contribution is -2.18. The number of hydrazine groups is 1. The predicted octanol–water partition coefficient (Wildman–Crippen LogP) is 2.62. The molecule has 1 aromatic carbocycles. The quantitative estimate of drug-likeness (QED) is 0.626. The first-order chi connectivity index (χ1) is 9.91. The van der Waals surface area contributed by atoms with Gasteiger partial charge in [-0.1, -0.05) is 0 Å². The van der Waals surface area contributed by atoms with Crippen LogP contribution in [0.5, 0.6) is 11.5 Å². The van der Waals surface area contributed by atoms with Gasteiger partial charge in [-0.15, -0.1) is 0 Å². The molecule has 1 aliphatic heterocycles. The number of halogens is 3. The van der Waals surface area contributed by atoms with Crippen LogP contribution >= 0.6 is 0 Å². The third-order valence-corrected chi connectivity index (χ3v) is 3.31. The second kappa shape index (κ2) is 4.66. The average Bonchev–Trinajstić information content (AvgIpc) is 2.43. The molecule has 5 nitrogen and oxygen atoms in total. The molecule has 0 bridgehead atoms. The van der Waals surface area contributed by atoms with E-state index in [9.17, 15) is 13.2 Å². The van der Waals surface area contributed by atoms with Crippen LogP contribution in [0.4, 0.5) is 18.9 Å². The number of nitrogens with zero attached hydrogens (tertiary/aromatic N) is 1. The minimum atomic E-state index is -4.56. The molecule has 1 aliphatic rings. The van der Waals surface area contributed by atoms with Crippen LogP contribution in [0, 0.1) is 6.92 Å². The van der Waals surface area contributed by atoms with Crippen molar-refractivity contribution < 1.29 is 22.6 Å². The van der Waals surface area contributed by atoms with Crippen molar-refractivity contribution in [3.8, 4) is 11.5 Å². The second-order valence-electron chi connectivity index (χ2n) is 4.62. The van der Waals surface area contributed by atoms with Gasteiger partial charge in [0.15, 0.2) is 11.5 Å². The number of benzene rings is 1. The summed E-state index contributed by atoms with van der Waals surface area (Å²) in [7, 11) is 0. The molecule has 2 heterocycles. The van der Waals surface area contributed by atoms with Crippen molar-refractivity contribution in [2.75, 3.05) is 18.6 Å². The van der Waals surface area contributed by atoms with E-state index < -0.39 is 11.9 Å². The average molecular weight is 299 g/mol. The first-order valence-electron chi connectivity index (χ1n) is 6.19. The van der Waals surface area contributed by atoms with E-state index in [1.807, 2.05) is 0 Å². The highest BCUT2D eigenvalue weighted by Crippen LogP contribution is 2.41. The topological polar surface area (TPSA) is 69.4 Å². The van der Waals surface area contributed by atoms with E-state index >= 15 is 0 Å². The van der Waals surface area contributed by atoms with Crippen LogP contribution in [-0.4, -0.2) is 18.2 Å². The number of aromatic nitrogens is 1. The van der Waals surface area contributed by atoms with Gasteiger partial charge in [-0.25, -0.2) is 4.98 Å². The molecule has 0 unspecified atom stereocenters. The van der Waals surface area contributed by atoms with E-state index in [1.54, 1.807) is 6.07 Å². The van der Waals surface area contributed by atoms with Crippen molar-refractivity contribution in [2.24, 2.45) is 5.84 Å². The molecule has 2 aromatic rings. The minimum absolute atomic E-state index is 0.0609. The fraction of sp³-hybridized carbons (Fsp3) is 0.308. The van der Waals surface area contributed by atoms with Gasteiger partial charge in [0.05, 0.1) is 11.2 Å². The van der Waals surface area contributed by atoms with E-state index in [2.05, 4.69) is 10.4 Å². The molecule has 112 valence electrons. The van der Waals surface area contributed by atoms with Gasteiger partial charge >= 0.3 is 6.18 Å². The van der Waals surface area contributed by atoms with Gasteiger partial charge < -0.3 is 14.9 Å². The zero-order chi connectivity index (χ0) is 15.2. The van der Waals surface area contributed by atoms with Crippen molar-refractivity contribution in [1.29, 1.82) is 0 Å². The molecule has 1 aromatic heterocycles. The molecule has 0 spiro atoms. The minimum Gasteiger partial charge on any atom is -0.486 e. The normalized spacial score (nSPS) is 14.3. The molecule has 0 saturated carbocycles. The van der Waals surface area contributed by atoms with Crippen molar-refractivity contribution >= 4 is 16.6 Å². The summed E-state index contributed by atoms with van der Waals surface area (Å²) in [5, 5.41) is 0.451. The summed E-state index contributed by atoms with van der Waals surface area (Å²) < 4.78 is 49.9. The summed E-state index contributed by atoms with van der Waals surface area (Å²) in [5.41, 5.74) is 1.60. The Hall–Kier alpha value is -2.22. The highest BCUT2D eigenvalue weighted by atomic mass is 19.4. The van der Waals surface area contributed by atoms with Crippen LogP contribution in [0.3, 0.4) is 0 Å². The van der Waals surface area contributed by atoms with Gasteiger partial charge in [-0.2, -0.15) is 13.2 Å². The Labute approximate surface area is 117 Å². The lowest BCUT2D eigenvalue weighted by Gasteiger charge is -2.21. The lowest BCUT2D eigenvalue weighted by molar-refractivity contribution is -0.141. The maximum Gasteiger partial charge on any atom is 0.433 e. The number of pyridine rings is 1. The van der Waals surface area contributed by atoms with E-state index in [0.29, 0.717) is 30.1 Å². The molecule has 0 fully saturated rings. The number of alkyl halides is 3. The summed E-state index contributed by atoms with van der Waals surface area (Å²) in [4.78, 5) is 3.71. The van der Waals surface area contributed by atoms with Crippen LogP contribution in [-0.2, 0) is 6.18 Å². The number of anilines is 1. The van der Waals surface area contributed by atoms with Crippen LogP contribution in [0.25, 0.3) is 10.9 Å². The van der Waals surface area contributed by atoms with Crippen LogP contribution in [0.15, 0.2) is 12.1 Å². The molecule has 8 heteroatoms. The Morgan fingerprint density at radius 1 is 1.19 bits per heavy atom. The van der Waals surface area contributed by atoms with Gasteiger partial charge in [0.2, 0.25) is 0 Å². The molecule has 0 amide bonds. The third-order valence-electron chi connectivity index (χ3n) is 3.31. The van der Waals surface area contributed by atoms with E-state index in [-0.39, 0.29) is 16.8 Å². The summed E-state index contributed by atoms with van der Waals surface area (Å²) in [6.45, 7) is 2.05. The number of nitrogens with one attached hydrogen (secondary N) is 1. The van der Waals surface area contributed by atoms with Gasteiger partial charge in [-0.3, -0.25) is 5.84 Å². The summed E-state index contributed by atoms with van der Waals surface area (Å²) in [5.74, 6) is 6.23. The fourth-order valence-electron chi connectivity index (χ4n) is 2.36. The highest BCUT2D eigenvalue weighted by Gasteiger charge is 2.36. The molecule has 3 N–H and O–H groups in total. The first kappa shape index (κ1) is 13.7. The van der Waals surface area contributed by atoms with Crippen molar-refractivity contribution in [3.05, 3.63) is 23.4 Å². The first-order valence-corrected chi connectivity index (χ1v) is 6.19. The number of ether oxygens (including phenoxy) is 2. The summed E-state index contributed by atoms with van der Waals surface area (Å²) >= 11 is 0.